The van der Waals surface area contributed by atoms with Gasteiger partial charge in [-0.05, 0) is 48.7 Å². The lowest BCUT2D eigenvalue weighted by molar-refractivity contribution is -0.111. The average molecular weight is 559 g/mol. The molecule has 0 spiro atoms. The monoisotopic (exact) mass is 558 g/mol. The zero-order valence-electron chi connectivity index (χ0n) is 22.5. The second-order valence-electron chi connectivity index (χ2n) is 9.24. The van der Waals surface area contributed by atoms with Crippen LogP contribution in [0.25, 0.3) is 0 Å². The maximum atomic E-state index is 14.0. The summed E-state index contributed by atoms with van der Waals surface area (Å²) in [4.78, 5) is 40.9. The van der Waals surface area contributed by atoms with E-state index in [1.807, 2.05) is 6.92 Å². The highest BCUT2D eigenvalue weighted by molar-refractivity contribution is 7.90. The number of anilines is 1. The zero-order chi connectivity index (χ0) is 28.9. The number of hydrogen-bond donors (Lipinski definition) is 2. The first-order valence-electron chi connectivity index (χ1n) is 12.6. The number of fused-ring (bicyclic) bond motifs is 1. The minimum atomic E-state index is -3.71. The maximum absolute atomic E-state index is 14.0. The predicted octanol–water partition coefficient (Wildman–Crippen LogP) is 3.82. The van der Waals surface area contributed by atoms with Crippen molar-refractivity contribution in [3.05, 3.63) is 65.2 Å². The quantitative estimate of drug-likeness (QED) is 0.279. The molecule has 2 aromatic rings. The van der Waals surface area contributed by atoms with Crippen LogP contribution in [0.5, 0.6) is 11.5 Å². The molecule has 0 unspecified atom stereocenters. The molecule has 0 radical (unpaired) electrons. The van der Waals surface area contributed by atoms with Gasteiger partial charge in [0.25, 0.3) is 11.8 Å². The van der Waals surface area contributed by atoms with E-state index in [1.54, 1.807) is 25.1 Å². The second-order valence-corrected chi connectivity index (χ2v) is 11.4. The van der Waals surface area contributed by atoms with Crippen LogP contribution in [0, 0.1) is 0 Å². The van der Waals surface area contributed by atoms with Gasteiger partial charge in [-0.2, -0.15) is 0 Å². The van der Waals surface area contributed by atoms with E-state index in [2.05, 4.69) is 11.9 Å². The van der Waals surface area contributed by atoms with Gasteiger partial charge in [0.1, 0.15) is 9.84 Å². The molecule has 0 aromatic heterocycles. The van der Waals surface area contributed by atoms with Gasteiger partial charge in [0.15, 0.2) is 11.5 Å². The molecule has 1 aliphatic rings. The highest BCUT2D eigenvalue weighted by atomic mass is 32.2. The number of nitrogens with zero attached hydrogens (tertiary/aromatic N) is 1. The van der Waals surface area contributed by atoms with Gasteiger partial charge in [-0.1, -0.05) is 38.5 Å². The zero-order valence-corrected chi connectivity index (χ0v) is 23.3. The number of carbonyl (C=O) groups excluding carboxylic acids is 3. The van der Waals surface area contributed by atoms with Crippen molar-refractivity contribution in [3.63, 3.8) is 0 Å². The van der Waals surface area contributed by atoms with Crippen molar-refractivity contribution >= 4 is 33.2 Å². The van der Waals surface area contributed by atoms with Crippen molar-refractivity contribution in [2.24, 2.45) is 0 Å². The first kappa shape index (κ1) is 29.9. The Morgan fingerprint density at radius 3 is 2.41 bits per heavy atom. The number of ether oxygens (including phenoxy) is 2. The number of sulfone groups is 1. The molecule has 1 heterocycles. The summed E-state index contributed by atoms with van der Waals surface area (Å²) in [6.45, 7) is 7.46. The number of nitrogens with one attached hydrogen (secondary N) is 1. The van der Waals surface area contributed by atoms with Crippen LogP contribution in [-0.2, 0) is 14.6 Å². The Bertz CT molecular complexity index is 1390. The molecule has 0 bridgehead atoms. The molecule has 3 rings (SSSR count). The fraction of sp³-hybridized carbons (Fsp3) is 0.393. The number of unbranched alkanes of at least 4 members (excludes halogenated alkanes) is 1. The molecule has 0 saturated heterocycles. The fourth-order valence-corrected chi connectivity index (χ4v) is 5.50. The first-order valence-corrected chi connectivity index (χ1v) is 14.7. The average Bonchev–Trinajstić information content (AvgIpc) is 3.16. The number of rotatable bonds is 13. The number of benzene rings is 2. The smallest absolute Gasteiger partial charge is 0.264 e. The molecule has 0 fully saturated rings. The van der Waals surface area contributed by atoms with Crippen LogP contribution in [-0.4, -0.2) is 61.9 Å². The molecule has 10 nitrogen and oxygen atoms in total. The van der Waals surface area contributed by atoms with Crippen molar-refractivity contribution in [1.82, 2.24) is 4.90 Å². The van der Waals surface area contributed by atoms with Gasteiger partial charge >= 0.3 is 0 Å². The Morgan fingerprint density at radius 1 is 1.13 bits per heavy atom. The van der Waals surface area contributed by atoms with E-state index < -0.39 is 45.5 Å². The lowest BCUT2D eigenvalue weighted by atomic mass is 9.94. The Balaban J connectivity index is 2.22. The molecule has 2 N–H and O–H groups in total. The predicted molar refractivity (Wildman–Crippen MR) is 147 cm³/mol. The highest BCUT2D eigenvalue weighted by Crippen LogP contribution is 2.41. The Morgan fingerprint density at radius 2 is 1.82 bits per heavy atom. The first-order chi connectivity index (χ1) is 18.5. The second kappa shape index (κ2) is 12.4. The number of methoxy groups -OCH3 is 1. The fourth-order valence-electron chi connectivity index (χ4n) is 4.58. The summed E-state index contributed by atoms with van der Waals surface area (Å²) in [6, 6.07) is 6.41. The van der Waals surface area contributed by atoms with E-state index in [9.17, 15) is 27.9 Å². The van der Waals surface area contributed by atoms with Crippen LogP contribution in [0.15, 0.2) is 43.0 Å². The van der Waals surface area contributed by atoms with Crippen LogP contribution >= 0.6 is 0 Å². The molecular formula is C28H34N2O8S. The largest absolute Gasteiger partial charge is 0.493 e. The van der Waals surface area contributed by atoms with Gasteiger partial charge in [-0.25, -0.2) is 8.42 Å². The molecule has 3 amide bonds. The molecule has 1 aliphatic heterocycles. The van der Waals surface area contributed by atoms with Crippen LogP contribution < -0.4 is 14.8 Å². The lowest BCUT2D eigenvalue weighted by Gasteiger charge is -2.27. The Labute approximate surface area is 228 Å². The summed E-state index contributed by atoms with van der Waals surface area (Å²) in [7, 11) is -2.25. The number of carbonyl (C=O) groups is 3. The molecule has 2 atom stereocenters. The molecular weight excluding hydrogens is 524 g/mol. The van der Waals surface area contributed by atoms with Crippen LogP contribution in [0.1, 0.15) is 77.1 Å². The van der Waals surface area contributed by atoms with Crippen LogP contribution in [0.4, 0.5) is 5.69 Å². The van der Waals surface area contributed by atoms with Crippen molar-refractivity contribution in [3.8, 4) is 11.5 Å². The number of imide groups is 1. The third-order valence-electron chi connectivity index (χ3n) is 6.38. The van der Waals surface area contributed by atoms with Gasteiger partial charge in [0, 0.05) is 6.26 Å². The number of aliphatic hydroxyl groups is 1. The molecule has 39 heavy (non-hydrogen) atoms. The van der Waals surface area contributed by atoms with Crippen molar-refractivity contribution < 1.29 is 37.4 Å². The van der Waals surface area contributed by atoms with E-state index in [4.69, 9.17) is 9.47 Å². The minimum absolute atomic E-state index is 0.0602. The Hall–Kier alpha value is -3.70. The van der Waals surface area contributed by atoms with Crippen LogP contribution in [0.3, 0.4) is 0 Å². The SMILES string of the molecule is C=CC(=O)Nc1ccc([C@@H](O)CCCC)c2c1C(=O)N([C@H](CS(C)(=O)=O)c1ccc(OC)c(OCC)c1)C2=O. The molecule has 0 saturated carbocycles. The van der Waals surface area contributed by atoms with Crippen LogP contribution in [0.2, 0.25) is 0 Å². The summed E-state index contributed by atoms with van der Waals surface area (Å²) in [6.07, 6.45) is 2.83. The van der Waals surface area contributed by atoms with E-state index in [0.717, 1.165) is 23.7 Å². The maximum Gasteiger partial charge on any atom is 0.264 e. The normalized spacial score (nSPS) is 14.5. The third-order valence-corrected chi connectivity index (χ3v) is 7.30. The summed E-state index contributed by atoms with van der Waals surface area (Å²) < 4.78 is 36.0. The molecule has 0 aliphatic carbocycles. The third kappa shape index (κ3) is 6.48. The molecule has 2 aromatic carbocycles. The van der Waals surface area contributed by atoms with Crippen molar-refractivity contribution in [2.45, 2.75) is 45.3 Å². The molecule has 11 heteroatoms. The molecule has 210 valence electrons. The summed E-state index contributed by atoms with van der Waals surface area (Å²) in [5.74, 6) is -1.99. The van der Waals surface area contributed by atoms with Crippen molar-refractivity contribution in [2.75, 3.05) is 31.0 Å². The van der Waals surface area contributed by atoms with Gasteiger partial charge in [-0.15, -0.1) is 0 Å². The van der Waals surface area contributed by atoms with Crippen molar-refractivity contribution in [1.29, 1.82) is 0 Å². The van der Waals surface area contributed by atoms with E-state index in [-0.39, 0.29) is 22.4 Å². The number of amides is 3. The summed E-state index contributed by atoms with van der Waals surface area (Å²) in [5.41, 5.74) is 0.454. The summed E-state index contributed by atoms with van der Waals surface area (Å²) in [5, 5.41) is 13.5. The summed E-state index contributed by atoms with van der Waals surface area (Å²) >= 11 is 0. The van der Waals surface area contributed by atoms with Gasteiger partial charge in [-0.3, -0.25) is 19.3 Å². The number of hydrogen-bond acceptors (Lipinski definition) is 8. The Kier molecular flexibility index (Phi) is 9.52. The topological polar surface area (TPSA) is 139 Å². The van der Waals surface area contributed by atoms with E-state index >= 15 is 0 Å². The lowest BCUT2D eigenvalue weighted by Crippen LogP contribution is -2.38. The van der Waals surface area contributed by atoms with Gasteiger partial charge in [0.2, 0.25) is 5.91 Å². The van der Waals surface area contributed by atoms with Gasteiger partial charge < -0.3 is 19.9 Å². The standard InChI is InChI=1S/C28H34N2O8S/c1-6-9-10-21(31)18-12-13-19(29-24(32)7-2)26-25(18)27(33)30(28(26)34)20(16-39(5,35)36)17-11-14-22(37-4)23(15-17)38-8-3/h7,11-15,20-21,31H,2,6,8-10,16H2,1,3-5H3,(H,29,32)/t20-,21+/m1/s1. The minimum Gasteiger partial charge on any atom is -0.493 e. The highest BCUT2D eigenvalue weighted by Gasteiger charge is 2.45. The van der Waals surface area contributed by atoms with E-state index in [1.165, 1.54) is 19.2 Å². The van der Waals surface area contributed by atoms with Gasteiger partial charge in [0.05, 0.1) is 48.4 Å². The van der Waals surface area contributed by atoms with E-state index in [0.29, 0.717) is 36.5 Å². The number of aliphatic hydroxyl groups excluding tert-OH is 1.